The highest BCUT2D eigenvalue weighted by atomic mass is 16.4. The van der Waals surface area contributed by atoms with Crippen molar-refractivity contribution in [1.29, 1.82) is 0 Å². The van der Waals surface area contributed by atoms with Crippen LogP contribution in [0.1, 0.15) is 43.4 Å². The van der Waals surface area contributed by atoms with Gasteiger partial charge in [-0.25, -0.2) is 4.79 Å². The summed E-state index contributed by atoms with van der Waals surface area (Å²) in [4.78, 5) is 24.2. The van der Waals surface area contributed by atoms with Crippen molar-refractivity contribution in [3.05, 3.63) is 47.3 Å². The van der Waals surface area contributed by atoms with Gasteiger partial charge in [0, 0.05) is 6.20 Å². The molecule has 6 nitrogen and oxygen atoms in total. The minimum absolute atomic E-state index is 0.0646. The summed E-state index contributed by atoms with van der Waals surface area (Å²) in [5, 5.41) is 16.3. The Labute approximate surface area is 146 Å². The van der Waals surface area contributed by atoms with E-state index in [0.717, 1.165) is 29.5 Å². The van der Waals surface area contributed by atoms with Crippen LogP contribution in [-0.2, 0) is 20.5 Å². The quantitative estimate of drug-likeness (QED) is 0.875. The van der Waals surface area contributed by atoms with E-state index in [1.54, 1.807) is 20.0 Å². The summed E-state index contributed by atoms with van der Waals surface area (Å²) in [6.07, 6.45) is 4.68. The van der Waals surface area contributed by atoms with Gasteiger partial charge in [0.1, 0.15) is 0 Å². The molecular formula is C19H23N3O3. The molecule has 1 saturated carbocycles. The third-order valence-corrected chi connectivity index (χ3v) is 4.90. The van der Waals surface area contributed by atoms with E-state index in [4.69, 9.17) is 0 Å². The van der Waals surface area contributed by atoms with Crippen LogP contribution >= 0.6 is 0 Å². The summed E-state index contributed by atoms with van der Waals surface area (Å²) >= 11 is 0. The van der Waals surface area contributed by atoms with Gasteiger partial charge < -0.3 is 10.4 Å². The number of aromatic nitrogens is 2. The molecule has 0 bridgehead atoms. The molecule has 132 valence electrons. The van der Waals surface area contributed by atoms with E-state index in [9.17, 15) is 14.7 Å². The zero-order valence-corrected chi connectivity index (χ0v) is 15.0. The molecule has 25 heavy (non-hydrogen) atoms. The molecule has 1 aliphatic rings. The highest BCUT2D eigenvalue weighted by molar-refractivity contribution is 6.01. The molecule has 1 aromatic heterocycles. The van der Waals surface area contributed by atoms with Gasteiger partial charge in [-0.15, -0.1) is 0 Å². The normalized spacial score (nSPS) is 15.7. The first-order chi connectivity index (χ1) is 11.6. The first-order valence-electron chi connectivity index (χ1n) is 8.34. The van der Waals surface area contributed by atoms with Gasteiger partial charge in [-0.1, -0.05) is 29.3 Å². The van der Waals surface area contributed by atoms with E-state index in [-0.39, 0.29) is 5.91 Å². The van der Waals surface area contributed by atoms with Gasteiger partial charge in [-0.3, -0.25) is 9.48 Å². The van der Waals surface area contributed by atoms with Crippen molar-refractivity contribution >= 4 is 17.6 Å². The largest absolute Gasteiger partial charge is 0.479 e. The van der Waals surface area contributed by atoms with E-state index in [1.165, 1.54) is 10.9 Å². The van der Waals surface area contributed by atoms with Gasteiger partial charge in [-0.05, 0) is 46.1 Å². The van der Waals surface area contributed by atoms with E-state index in [2.05, 4.69) is 28.6 Å². The van der Waals surface area contributed by atoms with Crippen LogP contribution in [0.4, 0.5) is 5.69 Å². The van der Waals surface area contributed by atoms with Gasteiger partial charge in [-0.2, -0.15) is 5.10 Å². The number of anilines is 1. The number of nitrogens with one attached hydrogen (secondary N) is 1. The van der Waals surface area contributed by atoms with Crippen molar-refractivity contribution in [3.63, 3.8) is 0 Å². The van der Waals surface area contributed by atoms with Gasteiger partial charge in [0.05, 0.1) is 17.3 Å². The summed E-state index contributed by atoms with van der Waals surface area (Å²) in [5.41, 5.74) is 2.18. The Bertz CT molecular complexity index is 827. The second-order valence-corrected chi connectivity index (χ2v) is 7.45. The SMILES string of the molecule is Cc1cc(C)cc(C2(C(=O)Nc3cnn(C(C)(C)C(=O)O)c3)CC2)c1. The molecule has 1 fully saturated rings. The van der Waals surface area contributed by atoms with Crippen molar-refractivity contribution in [3.8, 4) is 0 Å². The minimum atomic E-state index is -1.17. The number of amides is 1. The second-order valence-electron chi connectivity index (χ2n) is 7.45. The number of hydrogen-bond acceptors (Lipinski definition) is 3. The first-order valence-corrected chi connectivity index (χ1v) is 8.34. The Kier molecular flexibility index (Phi) is 3.94. The first kappa shape index (κ1) is 17.2. The van der Waals surface area contributed by atoms with Crippen LogP contribution in [0.15, 0.2) is 30.6 Å². The molecule has 0 spiro atoms. The molecule has 2 N–H and O–H groups in total. The van der Waals surface area contributed by atoms with Crippen molar-refractivity contribution in [2.24, 2.45) is 0 Å². The molecule has 3 rings (SSSR count). The maximum atomic E-state index is 12.8. The Balaban J connectivity index is 1.81. The smallest absolute Gasteiger partial charge is 0.331 e. The highest BCUT2D eigenvalue weighted by Crippen LogP contribution is 2.49. The molecular weight excluding hydrogens is 318 g/mol. The second kappa shape index (κ2) is 5.72. The molecule has 0 aliphatic heterocycles. The number of nitrogens with zero attached hydrogens (tertiary/aromatic N) is 2. The number of carbonyl (C=O) groups is 2. The molecule has 0 unspecified atom stereocenters. The number of carboxylic acid groups (broad SMARTS) is 1. The van der Waals surface area contributed by atoms with Crippen LogP contribution in [0, 0.1) is 13.8 Å². The zero-order chi connectivity index (χ0) is 18.4. The Morgan fingerprint density at radius 3 is 2.32 bits per heavy atom. The topological polar surface area (TPSA) is 84.2 Å². The lowest BCUT2D eigenvalue weighted by Crippen LogP contribution is -2.36. The van der Waals surface area contributed by atoms with Crippen molar-refractivity contribution in [2.45, 2.75) is 51.5 Å². The number of rotatable bonds is 5. The van der Waals surface area contributed by atoms with E-state index in [0.29, 0.717) is 5.69 Å². The Hall–Kier alpha value is -2.63. The molecule has 1 heterocycles. The fourth-order valence-electron chi connectivity index (χ4n) is 3.06. The van der Waals surface area contributed by atoms with Crippen molar-refractivity contribution in [2.75, 3.05) is 5.32 Å². The highest BCUT2D eigenvalue weighted by Gasteiger charge is 2.51. The molecule has 1 aromatic carbocycles. The van der Waals surface area contributed by atoms with E-state index >= 15 is 0 Å². The fourth-order valence-corrected chi connectivity index (χ4v) is 3.06. The number of aliphatic carboxylic acids is 1. The summed E-state index contributed by atoms with van der Waals surface area (Å²) in [7, 11) is 0. The molecule has 1 amide bonds. The summed E-state index contributed by atoms with van der Waals surface area (Å²) in [6, 6.07) is 6.22. The maximum absolute atomic E-state index is 12.8. The van der Waals surface area contributed by atoms with Crippen LogP contribution in [0.2, 0.25) is 0 Å². The van der Waals surface area contributed by atoms with Crippen LogP contribution in [0.25, 0.3) is 0 Å². The van der Waals surface area contributed by atoms with Crippen LogP contribution in [0.5, 0.6) is 0 Å². The van der Waals surface area contributed by atoms with Gasteiger partial charge in [0.2, 0.25) is 5.91 Å². The molecule has 0 atom stereocenters. The number of benzene rings is 1. The number of hydrogen-bond donors (Lipinski definition) is 2. The lowest BCUT2D eigenvalue weighted by molar-refractivity contribution is -0.146. The van der Waals surface area contributed by atoms with Crippen LogP contribution in [-0.4, -0.2) is 26.8 Å². The van der Waals surface area contributed by atoms with E-state index in [1.807, 2.05) is 13.8 Å². The zero-order valence-electron chi connectivity index (χ0n) is 15.0. The van der Waals surface area contributed by atoms with Gasteiger partial charge >= 0.3 is 5.97 Å². The van der Waals surface area contributed by atoms with Crippen molar-refractivity contribution in [1.82, 2.24) is 9.78 Å². The average Bonchev–Trinajstić information content (AvgIpc) is 3.20. The van der Waals surface area contributed by atoms with Gasteiger partial charge in [0.25, 0.3) is 0 Å². The van der Waals surface area contributed by atoms with Crippen molar-refractivity contribution < 1.29 is 14.7 Å². The molecule has 1 aliphatic carbocycles. The number of carbonyl (C=O) groups excluding carboxylic acids is 1. The monoisotopic (exact) mass is 341 g/mol. The average molecular weight is 341 g/mol. The summed E-state index contributed by atoms with van der Waals surface area (Å²) in [5.74, 6) is -1.05. The number of carboxylic acids is 1. The minimum Gasteiger partial charge on any atom is -0.479 e. The predicted octanol–water partition coefficient (Wildman–Crippen LogP) is 2.99. The molecule has 6 heteroatoms. The van der Waals surface area contributed by atoms with Crippen LogP contribution < -0.4 is 5.32 Å². The molecule has 0 radical (unpaired) electrons. The summed E-state index contributed by atoms with van der Waals surface area (Å²) < 4.78 is 1.35. The molecule has 0 saturated heterocycles. The number of aryl methyl sites for hydroxylation is 2. The maximum Gasteiger partial charge on any atom is 0.331 e. The Morgan fingerprint density at radius 2 is 1.80 bits per heavy atom. The lowest BCUT2D eigenvalue weighted by Gasteiger charge is -2.19. The fraction of sp³-hybridized carbons (Fsp3) is 0.421. The summed E-state index contributed by atoms with van der Waals surface area (Å²) in [6.45, 7) is 7.18. The molecule has 2 aromatic rings. The van der Waals surface area contributed by atoms with E-state index < -0.39 is 16.9 Å². The van der Waals surface area contributed by atoms with Crippen LogP contribution in [0.3, 0.4) is 0 Å². The predicted molar refractivity (Wildman–Crippen MR) is 94.6 cm³/mol. The third kappa shape index (κ3) is 3.04. The standard InChI is InChI=1S/C19H23N3O3/c1-12-7-13(2)9-14(8-12)19(5-6-19)16(23)21-15-10-20-22(11-15)18(3,4)17(24)25/h7-11H,5-6H2,1-4H3,(H,21,23)(H,24,25). The lowest BCUT2D eigenvalue weighted by atomic mass is 9.92. The Morgan fingerprint density at radius 1 is 1.20 bits per heavy atom. The third-order valence-electron chi connectivity index (χ3n) is 4.90. The van der Waals surface area contributed by atoms with Gasteiger partial charge in [0.15, 0.2) is 5.54 Å².